The van der Waals surface area contributed by atoms with Crippen LogP contribution in [0.15, 0.2) is 59.7 Å². The summed E-state index contributed by atoms with van der Waals surface area (Å²) in [5.74, 6) is 1.24. The number of halogens is 2. The van der Waals surface area contributed by atoms with Gasteiger partial charge >= 0.3 is 0 Å². The average Bonchev–Trinajstić information content (AvgIpc) is 3.52. The Bertz CT molecular complexity index is 1350. The average molecular weight is 479 g/mol. The first kappa shape index (κ1) is 22.6. The summed E-state index contributed by atoms with van der Waals surface area (Å²) in [7, 11) is 3.11. The highest BCUT2D eigenvalue weighted by Gasteiger charge is 2.31. The number of amidine groups is 1. The van der Waals surface area contributed by atoms with Gasteiger partial charge in [-0.2, -0.15) is 0 Å². The molecule has 2 aromatic heterocycles. The Kier molecular flexibility index (Phi) is 5.94. The van der Waals surface area contributed by atoms with Crippen LogP contribution < -0.4 is 14.8 Å². The van der Waals surface area contributed by atoms with Crippen molar-refractivity contribution >= 4 is 23.3 Å². The van der Waals surface area contributed by atoms with Crippen LogP contribution >= 0.6 is 0 Å². The van der Waals surface area contributed by atoms with Gasteiger partial charge in [0.15, 0.2) is 11.5 Å². The summed E-state index contributed by atoms with van der Waals surface area (Å²) in [5.41, 5.74) is 1.94. The van der Waals surface area contributed by atoms with Crippen LogP contribution in [-0.4, -0.2) is 47.1 Å². The summed E-state index contributed by atoms with van der Waals surface area (Å²) < 4.78 is 40.9. The maximum Gasteiger partial charge on any atom is 0.177 e. The molecule has 0 radical (unpaired) electrons. The SMILES string of the molecule is COc1cc2nc(/C(C=N)=C3\N=C(N4CCCC4c4cc(F)ccc4F)C=CN3)cn2cc1OC. The third-order valence-electron chi connectivity index (χ3n) is 6.18. The number of fused-ring (bicyclic) bond motifs is 1. The number of aromatic nitrogens is 2. The van der Waals surface area contributed by atoms with Crippen LogP contribution in [-0.2, 0) is 0 Å². The van der Waals surface area contributed by atoms with Crippen molar-refractivity contribution in [3.63, 3.8) is 0 Å². The second-order valence-electron chi connectivity index (χ2n) is 8.17. The zero-order chi connectivity index (χ0) is 24.5. The van der Waals surface area contributed by atoms with Crippen molar-refractivity contribution in [1.29, 1.82) is 5.41 Å². The number of likely N-dealkylation sites (tertiary alicyclic amines) is 1. The topological polar surface area (TPSA) is 87.2 Å². The predicted octanol–water partition coefficient (Wildman–Crippen LogP) is 4.30. The van der Waals surface area contributed by atoms with Gasteiger partial charge in [0.25, 0.3) is 0 Å². The van der Waals surface area contributed by atoms with Crippen LogP contribution in [0, 0.1) is 17.0 Å². The highest BCUT2D eigenvalue weighted by atomic mass is 19.1. The second-order valence-corrected chi connectivity index (χ2v) is 8.17. The fraction of sp³-hybridized carbons (Fsp3) is 0.240. The van der Waals surface area contributed by atoms with Crippen LogP contribution in [0.5, 0.6) is 11.5 Å². The Morgan fingerprint density at radius 2 is 2.00 bits per heavy atom. The molecule has 5 rings (SSSR count). The Morgan fingerprint density at radius 1 is 1.17 bits per heavy atom. The third kappa shape index (κ3) is 4.11. The summed E-state index contributed by atoms with van der Waals surface area (Å²) in [6.07, 6.45) is 9.75. The first-order chi connectivity index (χ1) is 17.0. The molecule has 1 atom stereocenters. The summed E-state index contributed by atoms with van der Waals surface area (Å²) in [6.45, 7) is 0.658. The molecule has 1 fully saturated rings. The number of imidazole rings is 1. The number of benzene rings is 1. The lowest BCUT2D eigenvalue weighted by atomic mass is 10.0. The molecule has 0 saturated carbocycles. The number of methoxy groups -OCH3 is 2. The first-order valence-corrected chi connectivity index (χ1v) is 11.1. The molecule has 0 aliphatic carbocycles. The van der Waals surface area contributed by atoms with E-state index in [1.807, 2.05) is 4.90 Å². The van der Waals surface area contributed by atoms with Gasteiger partial charge in [-0.1, -0.05) is 0 Å². The Balaban J connectivity index is 1.53. The number of hydrogen-bond donors (Lipinski definition) is 2. The van der Waals surface area contributed by atoms with Crippen molar-refractivity contribution in [2.75, 3.05) is 20.8 Å². The van der Waals surface area contributed by atoms with E-state index in [-0.39, 0.29) is 6.04 Å². The van der Waals surface area contributed by atoms with Crippen LogP contribution in [0.2, 0.25) is 0 Å². The summed E-state index contributed by atoms with van der Waals surface area (Å²) in [5, 5.41) is 11.1. The monoisotopic (exact) mass is 478 g/mol. The number of pyridine rings is 1. The maximum absolute atomic E-state index is 14.5. The second kappa shape index (κ2) is 9.21. The molecule has 0 bridgehead atoms. The molecular weight excluding hydrogens is 454 g/mol. The van der Waals surface area contributed by atoms with E-state index >= 15 is 0 Å². The molecule has 8 nitrogen and oxygen atoms in total. The molecule has 0 amide bonds. The van der Waals surface area contributed by atoms with Crippen molar-refractivity contribution < 1.29 is 18.3 Å². The number of allylic oxidation sites excluding steroid dienone is 1. The molecule has 3 aromatic rings. The number of ether oxygens (including phenoxy) is 2. The van der Waals surface area contributed by atoms with Gasteiger partial charge in [0.1, 0.15) is 28.9 Å². The lowest BCUT2D eigenvalue weighted by molar-refractivity contribution is 0.353. The van der Waals surface area contributed by atoms with E-state index in [1.54, 1.807) is 49.4 Å². The van der Waals surface area contributed by atoms with Crippen LogP contribution in [0.25, 0.3) is 11.2 Å². The van der Waals surface area contributed by atoms with E-state index in [1.165, 1.54) is 12.3 Å². The maximum atomic E-state index is 14.5. The summed E-state index contributed by atoms with van der Waals surface area (Å²) >= 11 is 0. The Hall–Kier alpha value is -4.21. The van der Waals surface area contributed by atoms with Crippen LogP contribution in [0.1, 0.15) is 30.1 Å². The Labute approximate surface area is 200 Å². The smallest absolute Gasteiger partial charge is 0.177 e. The number of hydrogen-bond acceptors (Lipinski definition) is 7. The van der Waals surface area contributed by atoms with Crippen molar-refractivity contribution in [2.45, 2.75) is 18.9 Å². The van der Waals surface area contributed by atoms with Crippen molar-refractivity contribution in [3.05, 3.63) is 77.6 Å². The molecule has 1 aromatic carbocycles. The van der Waals surface area contributed by atoms with Gasteiger partial charge in [0.2, 0.25) is 0 Å². The number of aliphatic imine (C=N–C) groups is 1. The lowest BCUT2D eigenvalue weighted by Gasteiger charge is -2.29. The minimum absolute atomic E-state index is 0.318. The minimum Gasteiger partial charge on any atom is -0.493 e. The van der Waals surface area contributed by atoms with Gasteiger partial charge in [0, 0.05) is 36.8 Å². The van der Waals surface area contributed by atoms with E-state index in [2.05, 4.69) is 10.3 Å². The van der Waals surface area contributed by atoms with E-state index in [0.717, 1.165) is 18.6 Å². The van der Waals surface area contributed by atoms with Gasteiger partial charge in [-0.05, 0) is 37.1 Å². The zero-order valence-electron chi connectivity index (χ0n) is 19.3. The molecule has 0 spiro atoms. The first-order valence-electron chi connectivity index (χ1n) is 11.1. The largest absolute Gasteiger partial charge is 0.493 e. The minimum atomic E-state index is -0.470. The van der Waals surface area contributed by atoms with E-state index in [4.69, 9.17) is 19.9 Å². The molecule has 2 aliphatic heterocycles. The van der Waals surface area contributed by atoms with E-state index in [0.29, 0.717) is 58.6 Å². The van der Waals surface area contributed by atoms with Crippen LogP contribution in [0.3, 0.4) is 0 Å². The standard InChI is InChI=1S/C25H24F2N6O2/c1-34-21-11-24-30-19(13-32(24)14-22(21)35-2)17(12-28)25-29-8-7-23(31-25)33-9-3-4-20(33)16-10-15(26)5-6-18(16)27/h5-8,10-14,20,28-29H,3-4,9H2,1-2H3/b25-17-,28-12?. The van der Waals surface area contributed by atoms with Crippen LogP contribution in [0.4, 0.5) is 8.78 Å². The van der Waals surface area contributed by atoms with E-state index < -0.39 is 11.6 Å². The quantitative estimate of drug-likeness (QED) is 0.534. The van der Waals surface area contributed by atoms with Crippen molar-refractivity contribution in [3.8, 4) is 11.5 Å². The molecular formula is C25H24F2N6O2. The van der Waals surface area contributed by atoms with Gasteiger partial charge in [-0.15, -0.1) is 0 Å². The molecule has 4 heterocycles. The van der Waals surface area contributed by atoms with Crippen molar-refractivity contribution in [2.24, 2.45) is 4.99 Å². The predicted molar refractivity (Wildman–Crippen MR) is 129 cm³/mol. The fourth-order valence-corrected chi connectivity index (χ4v) is 4.51. The van der Waals surface area contributed by atoms with Gasteiger partial charge in [0.05, 0.1) is 37.7 Å². The Morgan fingerprint density at radius 3 is 2.77 bits per heavy atom. The highest BCUT2D eigenvalue weighted by molar-refractivity contribution is 6.10. The molecule has 1 unspecified atom stereocenters. The number of rotatable bonds is 5. The third-order valence-corrected chi connectivity index (χ3v) is 6.18. The highest BCUT2D eigenvalue weighted by Crippen LogP contribution is 2.35. The normalized spacial score (nSPS) is 18.9. The fourth-order valence-electron chi connectivity index (χ4n) is 4.51. The molecule has 35 heavy (non-hydrogen) atoms. The molecule has 180 valence electrons. The van der Waals surface area contributed by atoms with Gasteiger partial charge < -0.3 is 29.5 Å². The lowest BCUT2D eigenvalue weighted by Crippen LogP contribution is -2.32. The number of nitrogens with zero attached hydrogens (tertiary/aromatic N) is 4. The summed E-state index contributed by atoms with van der Waals surface area (Å²) in [4.78, 5) is 11.3. The van der Waals surface area contributed by atoms with E-state index in [9.17, 15) is 8.78 Å². The molecule has 10 heteroatoms. The number of nitrogens with one attached hydrogen (secondary N) is 2. The van der Waals surface area contributed by atoms with Crippen molar-refractivity contribution in [1.82, 2.24) is 19.6 Å². The molecule has 1 saturated heterocycles. The summed E-state index contributed by atoms with van der Waals surface area (Å²) in [6, 6.07) is 4.96. The molecule has 2 aliphatic rings. The zero-order valence-corrected chi connectivity index (χ0v) is 19.3. The van der Waals surface area contributed by atoms with Gasteiger partial charge in [-0.25, -0.2) is 18.8 Å². The van der Waals surface area contributed by atoms with Gasteiger partial charge in [-0.3, -0.25) is 0 Å². The molecule has 2 N–H and O–H groups in total.